The van der Waals surface area contributed by atoms with E-state index in [4.69, 9.17) is 12.2 Å². The molecule has 0 fully saturated rings. The summed E-state index contributed by atoms with van der Waals surface area (Å²) in [7, 11) is 0. The molecule has 2 N–H and O–H groups in total. The van der Waals surface area contributed by atoms with E-state index >= 15 is 0 Å². The number of halogens is 3. The van der Waals surface area contributed by atoms with Crippen LogP contribution in [0.25, 0.3) is 0 Å². The number of ether oxygens (including phenoxy) is 1. The summed E-state index contributed by atoms with van der Waals surface area (Å²) < 4.78 is 39.9. The summed E-state index contributed by atoms with van der Waals surface area (Å²) in [6, 6.07) is 13.4. The summed E-state index contributed by atoms with van der Waals surface area (Å²) >= 11 is 4.98. The summed E-state index contributed by atoms with van der Waals surface area (Å²) in [6.45, 7) is 0. The van der Waals surface area contributed by atoms with Gasteiger partial charge in [-0.15, -0.1) is 13.2 Å². The minimum Gasteiger partial charge on any atom is -0.406 e. The highest BCUT2D eigenvalue weighted by Crippen LogP contribution is 2.23. The minimum absolute atomic E-state index is 0.0309. The van der Waals surface area contributed by atoms with Crippen LogP contribution in [-0.4, -0.2) is 17.4 Å². The van der Waals surface area contributed by atoms with Crippen LogP contribution in [0.3, 0.4) is 0 Å². The number of amides is 1. The Hall–Kier alpha value is -2.61. The predicted octanol–water partition coefficient (Wildman–Crippen LogP) is 3.71. The van der Waals surface area contributed by atoms with Crippen molar-refractivity contribution in [3.05, 3.63) is 60.2 Å². The van der Waals surface area contributed by atoms with Crippen molar-refractivity contribution in [2.24, 2.45) is 0 Å². The van der Waals surface area contributed by atoms with Crippen molar-refractivity contribution in [3.8, 4) is 5.75 Å². The van der Waals surface area contributed by atoms with E-state index in [2.05, 4.69) is 15.4 Å². The number of thiocarbonyl (C=S) groups is 1. The molecule has 8 heteroatoms. The summed E-state index contributed by atoms with van der Waals surface area (Å²) in [5.41, 5.74) is 0.850. The van der Waals surface area contributed by atoms with Crippen LogP contribution in [0, 0.1) is 0 Å². The van der Waals surface area contributed by atoms with Crippen molar-refractivity contribution in [3.63, 3.8) is 0 Å². The molecule has 0 saturated heterocycles. The molecule has 0 aliphatic heterocycles. The van der Waals surface area contributed by atoms with Crippen LogP contribution in [0.5, 0.6) is 5.75 Å². The summed E-state index contributed by atoms with van der Waals surface area (Å²) in [5, 5.41) is 5.19. The van der Waals surface area contributed by atoms with Crippen molar-refractivity contribution < 1.29 is 22.7 Å². The molecule has 1 amide bonds. The quantitative estimate of drug-likeness (QED) is 0.837. The number of benzene rings is 2. The third-order valence-electron chi connectivity index (χ3n) is 2.61. The van der Waals surface area contributed by atoms with Gasteiger partial charge < -0.3 is 10.1 Å². The lowest BCUT2D eigenvalue weighted by Crippen LogP contribution is -2.34. The Morgan fingerprint density at radius 1 is 1.00 bits per heavy atom. The van der Waals surface area contributed by atoms with Gasteiger partial charge in [-0.05, 0) is 48.6 Å². The molecule has 0 aliphatic carbocycles. The van der Waals surface area contributed by atoms with Crippen molar-refractivity contribution >= 4 is 28.9 Å². The van der Waals surface area contributed by atoms with Gasteiger partial charge in [0.2, 0.25) is 0 Å². The van der Waals surface area contributed by atoms with Gasteiger partial charge in [0.25, 0.3) is 5.91 Å². The fraction of sp³-hybridized carbons (Fsp3) is 0.0667. The molecule has 0 atom stereocenters. The first kappa shape index (κ1) is 16.8. The lowest BCUT2D eigenvalue weighted by atomic mass is 10.2. The molecule has 2 aromatic carbocycles. The Kier molecular flexibility index (Phi) is 5.17. The molecule has 0 spiro atoms. The van der Waals surface area contributed by atoms with E-state index in [0.717, 1.165) is 12.1 Å². The maximum Gasteiger partial charge on any atom is 0.573 e. The van der Waals surface area contributed by atoms with E-state index < -0.39 is 6.36 Å². The van der Waals surface area contributed by atoms with Crippen LogP contribution in [-0.2, 0) is 0 Å². The molecule has 120 valence electrons. The molecule has 0 aliphatic rings. The molecule has 0 unspecified atom stereocenters. The molecular weight excluding hydrogens is 329 g/mol. The summed E-state index contributed by atoms with van der Waals surface area (Å²) in [6.07, 6.45) is -4.74. The molecule has 0 heterocycles. The summed E-state index contributed by atoms with van der Waals surface area (Å²) in [5.74, 6) is -0.734. The molecule has 0 bridgehead atoms. The van der Waals surface area contributed by atoms with Gasteiger partial charge in [-0.1, -0.05) is 18.2 Å². The van der Waals surface area contributed by atoms with E-state index in [1.54, 1.807) is 30.3 Å². The van der Waals surface area contributed by atoms with Crippen LogP contribution < -0.4 is 15.4 Å². The second kappa shape index (κ2) is 7.10. The number of hydrogen-bond donors (Lipinski definition) is 2. The number of hydrogen-bond acceptors (Lipinski definition) is 3. The first-order valence-corrected chi connectivity index (χ1v) is 6.77. The average Bonchev–Trinajstić information content (AvgIpc) is 2.48. The van der Waals surface area contributed by atoms with Crippen LogP contribution >= 0.6 is 12.2 Å². The maximum absolute atomic E-state index is 12.1. The molecule has 0 radical (unpaired) electrons. The Bertz CT molecular complexity index is 688. The lowest BCUT2D eigenvalue weighted by molar-refractivity contribution is -0.274. The molecule has 2 rings (SSSR count). The number of carbonyl (C=O) groups is 1. The van der Waals surface area contributed by atoms with Crippen molar-refractivity contribution in [2.45, 2.75) is 6.36 Å². The van der Waals surface area contributed by atoms with Gasteiger partial charge in [0.1, 0.15) is 5.75 Å². The molecule has 4 nitrogen and oxygen atoms in total. The first-order chi connectivity index (χ1) is 10.8. The number of nitrogens with one attached hydrogen (secondary N) is 2. The lowest BCUT2D eigenvalue weighted by Gasteiger charge is -2.11. The Morgan fingerprint density at radius 2 is 1.61 bits per heavy atom. The third-order valence-corrected chi connectivity index (χ3v) is 2.81. The second-order valence-corrected chi connectivity index (χ2v) is 4.75. The van der Waals surface area contributed by atoms with Gasteiger partial charge in [0, 0.05) is 11.3 Å². The highest BCUT2D eigenvalue weighted by atomic mass is 32.1. The third kappa shape index (κ3) is 5.59. The maximum atomic E-state index is 12.1. The number of alkyl halides is 3. The van der Waals surface area contributed by atoms with E-state index in [0.29, 0.717) is 11.3 Å². The topological polar surface area (TPSA) is 50.4 Å². The van der Waals surface area contributed by atoms with Gasteiger partial charge in [-0.25, -0.2) is 0 Å². The molecular formula is C15H11F3N2O2S. The predicted molar refractivity (Wildman–Crippen MR) is 83.3 cm³/mol. The molecule has 0 aromatic heterocycles. The fourth-order valence-electron chi connectivity index (χ4n) is 1.67. The largest absolute Gasteiger partial charge is 0.573 e. The van der Waals surface area contributed by atoms with Crippen molar-refractivity contribution in [1.82, 2.24) is 5.32 Å². The van der Waals surface area contributed by atoms with Crippen LogP contribution in [0.15, 0.2) is 54.6 Å². The number of carbonyl (C=O) groups excluding carboxylic acids is 1. The van der Waals surface area contributed by atoms with Gasteiger partial charge in [-0.3, -0.25) is 10.1 Å². The smallest absolute Gasteiger partial charge is 0.406 e. The zero-order chi connectivity index (χ0) is 16.9. The molecule has 0 saturated carbocycles. The number of rotatable bonds is 3. The molecule has 2 aromatic rings. The van der Waals surface area contributed by atoms with Crippen molar-refractivity contribution in [2.75, 3.05) is 5.32 Å². The normalized spacial score (nSPS) is 10.7. The van der Waals surface area contributed by atoms with E-state index in [1.807, 2.05) is 0 Å². The monoisotopic (exact) mass is 340 g/mol. The first-order valence-electron chi connectivity index (χ1n) is 6.37. The summed E-state index contributed by atoms with van der Waals surface area (Å²) in [4.78, 5) is 11.9. The van der Waals surface area contributed by atoms with Crippen LogP contribution in [0.1, 0.15) is 10.4 Å². The Balaban J connectivity index is 1.91. The highest BCUT2D eigenvalue weighted by Gasteiger charge is 2.30. The Morgan fingerprint density at radius 3 is 2.17 bits per heavy atom. The fourth-order valence-corrected chi connectivity index (χ4v) is 1.88. The van der Waals surface area contributed by atoms with Gasteiger partial charge in [-0.2, -0.15) is 0 Å². The molecule has 23 heavy (non-hydrogen) atoms. The number of anilines is 1. The second-order valence-electron chi connectivity index (χ2n) is 4.35. The van der Waals surface area contributed by atoms with E-state index in [-0.39, 0.29) is 16.8 Å². The van der Waals surface area contributed by atoms with E-state index in [9.17, 15) is 18.0 Å². The van der Waals surface area contributed by atoms with Crippen LogP contribution in [0.2, 0.25) is 0 Å². The Labute approximate surface area is 135 Å². The zero-order valence-corrected chi connectivity index (χ0v) is 12.4. The minimum atomic E-state index is -4.74. The van der Waals surface area contributed by atoms with Crippen molar-refractivity contribution in [1.29, 1.82) is 0 Å². The highest BCUT2D eigenvalue weighted by molar-refractivity contribution is 7.80. The van der Waals surface area contributed by atoms with Gasteiger partial charge in [0.05, 0.1) is 0 Å². The average molecular weight is 340 g/mol. The van der Waals surface area contributed by atoms with Crippen LogP contribution in [0.4, 0.5) is 18.9 Å². The van der Waals surface area contributed by atoms with E-state index in [1.165, 1.54) is 12.1 Å². The standard InChI is InChI=1S/C15H11F3N2O2S/c16-15(17,18)22-12-8-6-11(7-9-12)19-14(23)20-13(21)10-4-2-1-3-5-10/h1-9H,(H2,19,20,21,23). The van der Waals surface area contributed by atoms with Gasteiger partial charge >= 0.3 is 6.36 Å². The van der Waals surface area contributed by atoms with Gasteiger partial charge in [0.15, 0.2) is 5.11 Å². The zero-order valence-electron chi connectivity index (χ0n) is 11.6. The SMILES string of the molecule is O=C(NC(=S)Nc1ccc(OC(F)(F)F)cc1)c1ccccc1.